The largest absolute Gasteiger partial charge is 0.491 e. The molecule has 1 aromatic rings. The minimum Gasteiger partial charge on any atom is -0.491 e. The first-order chi connectivity index (χ1) is 8.55. The number of esters is 1. The molecule has 0 amide bonds. The third-order valence-electron chi connectivity index (χ3n) is 2.77. The van der Waals surface area contributed by atoms with Crippen molar-refractivity contribution in [3.63, 3.8) is 0 Å². The molecule has 0 spiro atoms. The SMILES string of the molecule is COC(=O)C1(Sc2ccc(OC(C)C)cc2)CC1. The van der Waals surface area contributed by atoms with Crippen LogP contribution in [-0.2, 0) is 9.53 Å². The molecule has 18 heavy (non-hydrogen) atoms. The van der Waals surface area contributed by atoms with Crippen LogP contribution in [0, 0.1) is 0 Å². The van der Waals surface area contributed by atoms with E-state index in [1.165, 1.54) is 7.11 Å². The van der Waals surface area contributed by atoms with Gasteiger partial charge in [0.05, 0.1) is 13.2 Å². The van der Waals surface area contributed by atoms with Gasteiger partial charge in [-0.25, -0.2) is 0 Å². The topological polar surface area (TPSA) is 35.5 Å². The molecule has 0 atom stereocenters. The van der Waals surface area contributed by atoms with Gasteiger partial charge in [0, 0.05) is 4.90 Å². The minimum atomic E-state index is -0.338. The van der Waals surface area contributed by atoms with Gasteiger partial charge in [0.2, 0.25) is 0 Å². The molecule has 0 radical (unpaired) electrons. The summed E-state index contributed by atoms with van der Waals surface area (Å²) in [6.45, 7) is 4.00. The van der Waals surface area contributed by atoms with E-state index in [4.69, 9.17) is 9.47 Å². The van der Waals surface area contributed by atoms with Crippen molar-refractivity contribution in [2.24, 2.45) is 0 Å². The highest BCUT2D eigenvalue weighted by molar-refractivity contribution is 8.01. The molecule has 1 aromatic carbocycles. The van der Waals surface area contributed by atoms with Crippen molar-refractivity contribution in [2.45, 2.75) is 42.4 Å². The van der Waals surface area contributed by atoms with E-state index in [1.54, 1.807) is 11.8 Å². The highest BCUT2D eigenvalue weighted by Crippen LogP contribution is 2.52. The molecular formula is C14H18O3S. The van der Waals surface area contributed by atoms with Crippen LogP contribution in [0.25, 0.3) is 0 Å². The van der Waals surface area contributed by atoms with Gasteiger partial charge < -0.3 is 9.47 Å². The molecule has 2 rings (SSSR count). The number of methoxy groups -OCH3 is 1. The lowest BCUT2D eigenvalue weighted by Crippen LogP contribution is -2.19. The average molecular weight is 266 g/mol. The lowest BCUT2D eigenvalue weighted by Gasteiger charge is -2.13. The maximum absolute atomic E-state index is 11.6. The smallest absolute Gasteiger partial charge is 0.322 e. The molecule has 0 aromatic heterocycles. The van der Waals surface area contributed by atoms with Crippen molar-refractivity contribution >= 4 is 17.7 Å². The van der Waals surface area contributed by atoms with Crippen LogP contribution in [0.4, 0.5) is 0 Å². The fourth-order valence-corrected chi connectivity index (χ4v) is 2.93. The summed E-state index contributed by atoms with van der Waals surface area (Å²) in [4.78, 5) is 12.7. The third-order valence-corrected chi connectivity index (χ3v) is 4.24. The number of hydrogen-bond acceptors (Lipinski definition) is 4. The van der Waals surface area contributed by atoms with Gasteiger partial charge in [-0.15, -0.1) is 11.8 Å². The summed E-state index contributed by atoms with van der Waals surface area (Å²) in [5, 5.41) is 0. The van der Waals surface area contributed by atoms with Crippen LogP contribution in [-0.4, -0.2) is 23.9 Å². The van der Waals surface area contributed by atoms with Crippen molar-refractivity contribution in [2.75, 3.05) is 7.11 Å². The van der Waals surface area contributed by atoms with Crippen LogP contribution in [0.15, 0.2) is 29.2 Å². The first-order valence-electron chi connectivity index (χ1n) is 6.10. The summed E-state index contributed by atoms with van der Waals surface area (Å²) in [5.74, 6) is 0.743. The van der Waals surface area contributed by atoms with Crippen molar-refractivity contribution in [3.8, 4) is 5.75 Å². The summed E-state index contributed by atoms with van der Waals surface area (Å²) < 4.78 is 10.1. The van der Waals surface area contributed by atoms with E-state index in [0.29, 0.717) is 0 Å². The van der Waals surface area contributed by atoms with Crippen LogP contribution in [0.5, 0.6) is 5.75 Å². The molecule has 0 saturated heterocycles. The van der Waals surface area contributed by atoms with E-state index >= 15 is 0 Å². The van der Waals surface area contributed by atoms with Gasteiger partial charge in [-0.1, -0.05) is 0 Å². The molecule has 1 saturated carbocycles. The second kappa shape index (κ2) is 5.22. The molecule has 0 aliphatic heterocycles. The number of benzene rings is 1. The first kappa shape index (κ1) is 13.3. The molecule has 0 unspecified atom stereocenters. The maximum atomic E-state index is 11.6. The van der Waals surface area contributed by atoms with E-state index in [1.807, 2.05) is 38.1 Å². The van der Waals surface area contributed by atoms with E-state index in [0.717, 1.165) is 23.5 Å². The molecule has 0 heterocycles. The molecule has 98 valence electrons. The standard InChI is InChI=1S/C14H18O3S/c1-10(2)17-11-4-6-12(7-5-11)18-14(8-9-14)13(15)16-3/h4-7,10H,8-9H2,1-3H3. The monoisotopic (exact) mass is 266 g/mol. The summed E-state index contributed by atoms with van der Waals surface area (Å²) in [5.41, 5.74) is 0. The number of hydrogen-bond donors (Lipinski definition) is 0. The Hall–Kier alpha value is -1.16. The molecule has 1 aliphatic rings. The number of thioether (sulfide) groups is 1. The Bertz CT molecular complexity index is 421. The second-order valence-electron chi connectivity index (χ2n) is 4.73. The third kappa shape index (κ3) is 2.99. The Morgan fingerprint density at radius 1 is 1.28 bits per heavy atom. The van der Waals surface area contributed by atoms with Crippen LogP contribution in [0.1, 0.15) is 26.7 Å². The fraction of sp³-hybridized carbons (Fsp3) is 0.500. The van der Waals surface area contributed by atoms with Crippen LogP contribution in [0.2, 0.25) is 0 Å². The molecule has 0 N–H and O–H groups in total. The summed E-state index contributed by atoms with van der Waals surface area (Å²) >= 11 is 1.59. The van der Waals surface area contributed by atoms with Gasteiger partial charge >= 0.3 is 5.97 Å². The lowest BCUT2D eigenvalue weighted by molar-refractivity contribution is -0.140. The van der Waals surface area contributed by atoms with E-state index < -0.39 is 0 Å². The van der Waals surface area contributed by atoms with Crippen LogP contribution >= 0.6 is 11.8 Å². The predicted octanol–water partition coefficient (Wildman–Crippen LogP) is 3.27. The Balaban J connectivity index is 2.00. The number of carbonyl (C=O) groups is 1. The Morgan fingerprint density at radius 3 is 2.33 bits per heavy atom. The minimum absolute atomic E-state index is 0.116. The van der Waals surface area contributed by atoms with E-state index in [9.17, 15) is 4.79 Å². The van der Waals surface area contributed by atoms with E-state index in [-0.39, 0.29) is 16.8 Å². The first-order valence-corrected chi connectivity index (χ1v) is 6.91. The zero-order valence-corrected chi connectivity index (χ0v) is 11.8. The lowest BCUT2D eigenvalue weighted by atomic mass is 10.3. The van der Waals surface area contributed by atoms with Crippen molar-refractivity contribution < 1.29 is 14.3 Å². The maximum Gasteiger partial charge on any atom is 0.322 e. The van der Waals surface area contributed by atoms with Gasteiger partial charge in [-0.3, -0.25) is 4.79 Å². The molecule has 0 bridgehead atoms. The molecular weight excluding hydrogens is 248 g/mol. The van der Waals surface area contributed by atoms with Crippen molar-refractivity contribution in [1.29, 1.82) is 0 Å². The fourth-order valence-electron chi connectivity index (χ4n) is 1.73. The van der Waals surface area contributed by atoms with Gasteiger partial charge in [0.15, 0.2) is 0 Å². The molecule has 4 heteroatoms. The van der Waals surface area contributed by atoms with Crippen molar-refractivity contribution in [1.82, 2.24) is 0 Å². The molecule has 3 nitrogen and oxygen atoms in total. The summed E-state index contributed by atoms with van der Waals surface area (Å²) in [6, 6.07) is 7.86. The van der Waals surface area contributed by atoms with Gasteiger partial charge in [-0.05, 0) is 51.0 Å². The Kier molecular flexibility index (Phi) is 3.85. The molecule has 1 aliphatic carbocycles. The normalized spacial score (nSPS) is 16.4. The summed E-state index contributed by atoms with van der Waals surface area (Å²) in [6.07, 6.45) is 1.97. The zero-order valence-electron chi connectivity index (χ0n) is 10.9. The van der Waals surface area contributed by atoms with Gasteiger partial charge in [0.1, 0.15) is 10.5 Å². The van der Waals surface area contributed by atoms with Crippen LogP contribution in [0.3, 0.4) is 0 Å². The number of ether oxygens (including phenoxy) is 2. The summed E-state index contributed by atoms with van der Waals surface area (Å²) in [7, 11) is 1.45. The predicted molar refractivity (Wildman–Crippen MR) is 72.0 cm³/mol. The Morgan fingerprint density at radius 2 is 1.89 bits per heavy atom. The Labute approximate surface area is 112 Å². The quantitative estimate of drug-likeness (QED) is 0.766. The highest BCUT2D eigenvalue weighted by Gasteiger charge is 2.52. The number of rotatable bonds is 5. The van der Waals surface area contributed by atoms with Gasteiger partial charge in [0.25, 0.3) is 0 Å². The molecule has 1 fully saturated rings. The van der Waals surface area contributed by atoms with Gasteiger partial charge in [-0.2, -0.15) is 0 Å². The second-order valence-corrected chi connectivity index (χ2v) is 6.18. The zero-order chi connectivity index (χ0) is 13.2. The van der Waals surface area contributed by atoms with E-state index in [2.05, 4.69) is 0 Å². The van der Waals surface area contributed by atoms with Crippen LogP contribution < -0.4 is 4.74 Å². The highest BCUT2D eigenvalue weighted by atomic mass is 32.2. The number of carbonyl (C=O) groups excluding carboxylic acids is 1. The average Bonchev–Trinajstić information content (AvgIpc) is 3.11. The van der Waals surface area contributed by atoms with Crippen molar-refractivity contribution in [3.05, 3.63) is 24.3 Å².